The van der Waals surface area contributed by atoms with Crippen LogP contribution in [0.3, 0.4) is 0 Å². The van der Waals surface area contributed by atoms with Gasteiger partial charge in [-0.3, -0.25) is 58.4 Å². The number of carbonyl (C=O) groups excluding carboxylic acids is 6. The molecule has 1 atom stereocenters. The SMILES string of the molecule is COc1cc2c(Oc3ccc(CC(=O)C4(C(=O)Cc5ccc(F)cc5)CCC4)cc3F)ccnc2cc1OC1CC(CN2CCOCC2)C1.COc1cc2c(Oc3ccc(CC(=O)C4(C(=O)Cc5ccc(F)cc5)CCC4)cc3F)ccnc2cc1OC1CC(N2CCOCC2)C1.COc1cc2c(Oc3ccc(CC(=O)C4(C(=O)Cc5ccc(F)cc5)CCC4)cc3F)ccnc2cc1OCC(F)CN1CCOCC1. The first-order chi connectivity index (χ1) is 70.3. The predicted octanol–water partition coefficient (Wildman–Crippen LogP) is 20.0. The number of carbonyl (C=O) groups is 6. The van der Waals surface area contributed by atoms with E-state index < -0.39 is 45.7 Å². The molecule has 758 valence electrons. The molecule has 1 unspecified atom stereocenters. The molecule has 3 saturated heterocycles. The van der Waals surface area contributed by atoms with Gasteiger partial charge in [0, 0.05) is 163 Å². The summed E-state index contributed by atoms with van der Waals surface area (Å²) in [6.07, 6.45) is 12.5. The van der Waals surface area contributed by atoms with Crippen molar-refractivity contribution in [2.24, 2.45) is 22.2 Å². The molecule has 9 aromatic carbocycles. The van der Waals surface area contributed by atoms with Crippen LogP contribution >= 0.6 is 0 Å². The quantitative estimate of drug-likeness (QED) is 0.0256. The molecule has 8 aliphatic rings. The second-order valence-electron chi connectivity index (χ2n) is 38.7. The number of alkyl halides is 1. The van der Waals surface area contributed by atoms with Crippen LogP contribution in [0.2, 0.25) is 0 Å². The molecule has 145 heavy (non-hydrogen) atoms. The van der Waals surface area contributed by atoms with Crippen LogP contribution in [0.15, 0.2) is 201 Å². The van der Waals surface area contributed by atoms with E-state index in [1.807, 2.05) is 17.0 Å². The van der Waals surface area contributed by atoms with Crippen molar-refractivity contribution in [2.45, 2.75) is 146 Å². The largest absolute Gasteiger partial charge is 0.493 e. The maximum Gasteiger partial charge on any atom is 0.166 e. The number of hydrogen-bond acceptors (Lipinski definition) is 24. The van der Waals surface area contributed by atoms with E-state index in [0.717, 1.165) is 104 Å². The van der Waals surface area contributed by atoms with Crippen molar-refractivity contribution in [3.05, 3.63) is 269 Å². The van der Waals surface area contributed by atoms with Gasteiger partial charge in [-0.2, -0.15) is 0 Å². The number of ether oxygens (including phenoxy) is 12. The minimum atomic E-state index is -1.21. The Balaban J connectivity index is 0.000000143. The lowest BCUT2D eigenvalue weighted by Crippen LogP contribution is -2.52. The summed E-state index contributed by atoms with van der Waals surface area (Å²) >= 11 is 0. The van der Waals surface area contributed by atoms with Crippen molar-refractivity contribution in [1.29, 1.82) is 0 Å². The van der Waals surface area contributed by atoms with Crippen LogP contribution in [-0.2, 0) is 81.5 Å². The highest BCUT2D eigenvalue weighted by Crippen LogP contribution is 2.50. The Morgan fingerprint density at radius 2 is 0.662 bits per heavy atom. The van der Waals surface area contributed by atoms with Crippen LogP contribution in [0.5, 0.6) is 69.0 Å². The first kappa shape index (κ1) is 102. The second-order valence-corrected chi connectivity index (χ2v) is 38.7. The van der Waals surface area contributed by atoms with E-state index in [1.54, 1.807) is 124 Å². The van der Waals surface area contributed by atoms with Crippen LogP contribution in [0.1, 0.15) is 117 Å². The molecule has 8 fully saturated rings. The maximum absolute atomic E-state index is 15.4. The number of methoxy groups -OCH3 is 3. The summed E-state index contributed by atoms with van der Waals surface area (Å²) in [5.41, 5.74) is 1.76. The van der Waals surface area contributed by atoms with Crippen LogP contribution in [0.25, 0.3) is 32.7 Å². The van der Waals surface area contributed by atoms with Gasteiger partial charge in [0.2, 0.25) is 0 Å². The van der Waals surface area contributed by atoms with Crippen LogP contribution in [-0.4, -0.2) is 209 Å². The molecule has 20 rings (SSSR count). The van der Waals surface area contributed by atoms with Gasteiger partial charge in [0.25, 0.3) is 0 Å². The van der Waals surface area contributed by atoms with E-state index in [0.29, 0.717) is 195 Å². The zero-order valence-corrected chi connectivity index (χ0v) is 81.2. The summed E-state index contributed by atoms with van der Waals surface area (Å²) in [6, 6.07) is 46.2. The minimum Gasteiger partial charge on any atom is -0.493 e. The molecule has 3 aliphatic heterocycles. The fraction of sp³-hybridized carbons (Fsp3) is 0.395. The van der Waals surface area contributed by atoms with E-state index >= 15 is 13.2 Å². The highest BCUT2D eigenvalue weighted by molar-refractivity contribution is 6.11. The van der Waals surface area contributed by atoms with E-state index in [1.165, 1.54) is 86.1 Å². The maximum atomic E-state index is 15.4. The average molecular weight is 1990 g/mol. The van der Waals surface area contributed by atoms with Gasteiger partial charge in [-0.1, -0.05) is 73.9 Å². The summed E-state index contributed by atoms with van der Waals surface area (Å²) < 4.78 is 170. The Kier molecular flexibility index (Phi) is 32.3. The smallest absolute Gasteiger partial charge is 0.166 e. The normalized spacial score (nSPS) is 19.1. The van der Waals surface area contributed by atoms with Crippen molar-refractivity contribution in [2.75, 3.05) is 120 Å². The van der Waals surface area contributed by atoms with Gasteiger partial charge in [-0.25, -0.2) is 30.7 Å². The number of fused-ring (bicyclic) bond motifs is 3. The lowest BCUT2D eigenvalue weighted by molar-refractivity contribution is -0.147. The zero-order chi connectivity index (χ0) is 101. The minimum absolute atomic E-state index is 0.00508. The van der Waals surface area contributed by atoms with E-state index in [9.17, 15) is 46.3 Å². The number of morpholine rings is 3. The molecule has 3 aromatic heterocycles. The highest BCUT2D eigenvalue weighted by atomic mass is 19.2. The number of rotatable bonds is 39. The standard InChI is InChI=1S/C39H40F2N2O6.C38H38F2N2O6.C37H37F3N2O6/c1-46-35-22-30-32(23-36(35)48-29-17-27(18-29)24-43-13-15-47-16-14-43)42-12-9-33(30)49-34-8-5-26(19-31(34)41)21-38(45)39(10-2-11-39)37(44)20-25-3-6-28(40)7-4-25;1-45-34-22-29-31(23-35(34)47-28-20-27(21-28)42-13-15-46-16-14-42)41-12-9-32(29)48-33-8-5-25(17-30(33)40)19-37(44)38(10-2-11-38)36(43)18-24-3-6-26(39)7-4-24;1-45-33-20-28-30(21-34(33)47-23-27(39)22-42-13-15-46-16-14-42)41-12-9-31(28)48-32-8-5-25(17-29(32)40)19-36(44)37(10-2-11-37)35(43)18-24-3-6-26(38)7-4-24/h3-9,12,19,22-23,27,29H,2,10-11,13-18,20-21,24H2,1H3;3-9,12,17,22-23,27-28H,2,10-11,13-16,18-21H2,1H3;3-9,12,17,20-21,27H,2,10-11,13-16,18-19,22-23H2,1H3. The fourth-order valence-electron chi connectivity index (χ4n) is 20.3. The molecule has 24 nitrogen and oxygen atoms in total. The van der Waals surface area contributed by atoms with Gasteiger partial charge < -0.3 is 56.8 Å². The number of aromatic nitrogens is 3. The summed E-state index contributed by atoms with van der Waals surface area (Å²) in [5.74, 6) is 0.218. The van der Waals surface area contributed by atoms with E-state index in [2.05, 4.69) is 24.8 Å². The van der Waals surface area contributed by atoms with Gasteiger partial charge in [0.05, 0.1) is 99.9 Å². The third kappa shape index (κ3) is 23.9. The lowest BCUT2D eigenvalue weighted by Gasteiger charge is -2.44. The Hall–Kier alpha value is -13.3. The number of nitrogens with zero attached hydrogens (tertiary/aromatic N) is 6. The first-order valence-corrected chi connectivity index (χ1v) is 49.6. The number of hydrogen-bond donors (Lipinski definition) is 0. The number of halogens is 7. The van der Waals surface area contributed by atoms with Gasteiger partial charge in [-0.15, -0.1) is 0 Å². The van der Waals surface area contributed by atoms with E-state index in [-0.39, 0.29) is 127 Å². The predicted molar refractivity (Wildman–Crippen MR) is 527 cm³/mol. The van der Waals surface area contributed by atoms with Crippen LogP contribution in [0, 0.1) is 57.1 Å². The summed E-state index contributed by atoms with van der Waals surface area (Å²) in [5, 5.41) is 1.79. The Bertz CT molecular complexity index is 6680. The molecule has 31 heteroatoms. The Labute approximate surface area is 835 Å². The lowest BCUT2D eigenvalue weighted by atomic mass is 9.61. The van der Waals surface area contributed by atoms with Gasteiger partial charge in [0.15, 0.2) is 104 Å². The number of ketones is 6. The molecular formula is C114H115F7N6O18. The molecule has 12 aromatic rings. The van der Waals surface area contributed by atoms with Crippen molar-refractivity contribution in [1.82, 2.24) is 29.7 Å². The first-order valence-electron chi connectivity index (χ1n) is 49.6. The van der Waals surface area contributed by atoms with Crippen molar-refractivity contribution >= 4 is 67.4 Å². The van der Waals surface area contributed by atoms with Crippen molar-refractivity contribution in [3.63, 3.8) is 0 Å². The molecule has 0 amide bonds. The topological polar surface area (TPSA) is 262 Å². The summed E-state index contributed by atoms with van der Waals surface area (Å²) in [6.45, 7) is 10.7. The van der Waals surface area contributed by atoms with E-state index in [4.69, 9.17) is 56.8 Å². The van der Waals surface area contributed by atoms with Crippen LogP contribution < -0.4 is 42.6 Å². The molecule has 5 saturated carbocycles. The molecule has 5 aliphatic carbocycles. The number of benzene rings is 9. The average Bonchev–Trinajstić information content (AvgIpc) is 0.775. The van der Waals surface area contributed by atoms with Gasteiger partial charge >= 0.3 is 0 Å². The molecule has 6 heterocycles. The van der Waals surface area contributed by atoms with Gasteiger partial charge in [0.1, 0.15) is 53.6 Å². The summed E-state index contributed by atoms with van der Waals surface area (Å²) in [4.78, 5) is 100. The third-order valence-corrected chi connectivity index (χ3v) is 29.4. The second kappa shape index (κ2) is 46.0. The molecule has 0 N–H and O–H groups in total. The van der Waals surface area contributed by atoms with Crippen molar-refractivity contribution in [3.8, 4) is 69.0 Å². The van der Waals surface area contributed by atoms with Crippen LogP contribution in [0.4, 0.5) is 30.7 Å². The Morgan fingerprint density at radius 3 is 0.993 bits per heavy atom. The molecule has 0 radical (unpaired) electrons. The Morgan fingerprint density at radius 1 is 0.352 bits per heavy atom. The molecule has 0 bridgehead atoms. The zero-order valence-electron chi connectivity index (χ0n) is 81.2. The fourth-order valence-corrected chi connectivity index (χ4v) is 20.3. The highest BCUT2D eigenvalue weighted by Gasteiger charge is 2.52. The number of pyridine rings is 3. The van der Waals surface area contributed by atoms with Crippen molar-refractivity contribution < 1.29 is 116 Å². The third-order valence-electron chi connectivity index (χ3n) is 29.4. The summed E-state index contributed by atoms with van der Waals surface area (Å²) in [7, 11) is 4.62. The molecule has 0 spiro atoms. The van der Waals surface area contributed by atoms with Gasteiger partial charge in [-0.05, 0) is 200 Å². The number of Topliss-reactive ketones (excluding diaryl/α,β-unsaturated/α-hetero) is 6. The monoisotopic (exact) mass is 1990 g/mol. The molecular weight excluding hydrogens is 1870 g/mol.